The Morgan fingerprint density at radius 3 is 3.07 bits per heavy atom. The molecule has 0 saturated heterocycles. The summed E-state index contributed by atoms with van der Waals surface area (Å²) in [6, 6.07) is 12.3. The van der Waals surface area contributed by atoms with Crippen LogP contribution in [0.15, 0.2) is 59.3 Å². The first-order chi connectivity index (χ1) is 13.7. The average molecular weight is 407 g/mol. The fraction of sp³-hybridized carbons (Fsp3) is 0.190. The zero-order valence-corrected chi connectivity index (χ0v) is 17.0. The number of rotatable bonds is 4. The molecule has 1 aromatic carbocycles. The minimum atomic E-state index is 0.119. The van der Waals surface area contributed by atoms with Gasteiger partial charge in [0.25, 0.3) is 0 Å². The van der Waals surface area contributed by atoms with E-state index in [4.69, 9.17) is 0 Å². The highest BCUT2D eigenvalue weighted by Gasteiger charge is 2.25. The standard InChI is InChI=1S/C21H18N4OS2/c1-14-23-18(12-27-14)15-5-6-19-16(10-15)7-9-25(19)20(26)13-28-21-22-11-17-4-2-3-8-24(17)21/h2-6,8,10-12H,7,9,13H2,1H3. The summed E-state index contributed by atoms with van der Waals surface area (Å²) in [6.07, 6.45) is 4.69. The molecule has 3 aromatic heterocycles. The number of thiazole rings is 1. The van der Waals surface area contributed by atoms with Gasteiger partial charge in [0.2, 0.25) is 5.91 Å². The molecule has 0 N–H and O–H groups in total. The molecule has 5 rings (SSSR count). The van der Waals surface area contributed by atoms with Gasteiger partial charge in [-0.15, -0.1) is 11.3 Å². The molecular weight excluding hydrogens is 388 g/mol. The predicted octanol–water partition coefficient (Wildman–Crippen LogP) is 4.45. The van der Waals surface area contributed by atoms with E-state index in [0.717, 1.165) is 45.6 Å². The van der Waals surface area contributed by atoms with E-state index in [9.17, 15) is 4.79 Å². The Balaban J connectivity index is 1.32. The zero-order chi connectivity index (χ0) is 19.1. The lowest BCUT2D eigenvalue weighted by molar-refractivity contribution is -0.116. The minimum absolute atomic E-state index is 0.119. The number of amides is 1. The molecule has 0 atom stereocenters. The molecule has 7 heteroatoms. The van der Waals surface area contributed by atoms with Crippen LogP contribution < -0.4 is 4.90 Å². The van der Waals surface area contributed by atoms with Gasteiger partial charge >= 0.3 is 0 Å². The molecule has 5 nitrogen and oxygen atoms in total. The van der Waals surface area contributed by atoms with E-state index in [0.29, 0.717) is 5.75 Å². The quantitative estimate of drug-likeness (QED) is 0.470. The van der Waals surface area contributed by atoms with Crippen LogP contribution in [0, 0.1) is 6.92 Å². The Kier molecular flexibility index (Phi) is 4.41. The van der Waals surface area contributed by atoms with Gasteiger partial charge in [-0.1, -0.05) is 23.9 Å². The SMILES string of the molecule is Cc1nc(-c2ccc3c(c2)CCN3C(=O)CSc2ncc3ccccn23)cs1. The number of carbonyl (C=O) groups is 1. The fourth-order valence-electron chi connectivity index (χ4n) is 3.55. The van der Waals surface area contributed by atoms with Crippen LogP contribution in [0.3, 0.4) is 0 Å². The van der Waals surface area contributed by atoms with Crippen molar-refractivity contribution >= 4 is 40.2 Å². The van der Waals surface area contributed by atoms with Crippen molar-refractivity contribution in [2.24, 2.45) is 0 Å². The molecule has 0 unspecified atom stereocenters. The number of anilines is 1. The third kappa shape index (κ3) is 3.10. The topological polar surface area (TPSA) is 50.5 Å². The number of pyridine rings is 1. The number of thioether (sulfide) groups is 1. The average Bonchev–Trinajstić information content (AvgIpc) is 3.43. The normalized spacial score (nSPS) is 13.2. The zero-order valence-electron chi connectivity index (χ0n) is 15.3. The van der Waals surface area contributed by atoms with Crippen LogP contribution in [0.2, 0.25) is 0 Å². The Morgan fingerprint density at radius 2 is 2.21 bits per heavy atom. The van der Waals surface area contributed by atoms with Gasteiger partial charge in [0.1, 0.15) is 0 Å². The van der Waals surface area contributed by atoms with Gasteiger partial charge in [-0.3, -0.25) is 9.20 Å². The maximum atomic E-state index is 12.9. The summed E-state index contributed by atoms with van der Waals surface area (Å²) in [5.41, 5.74) is 5.41. The van der Waals surface area contributed by atoms with Gasteiger partial charge in [-0.2, -0.15) is 0 Å². The molecule has 4 heterocycles. The van der Waals surface area contributed by atoms with Gasteiger partial charge < -0.3 is 4.90 Å². The van der Waals surface area contributed by atoms with Crippen LogP contribution in [0.1, 0.15) is 10.6 Å². The summed E-state index contributed by atoms with van der Waals surface area (Å²) < 4.78 is 2.01. The molecule has 0 aliphatic carbocycles. The highest BCUT2D eigenvalue weighted by molar-refractivity contribution is 7.99. The van der Waals surface area contributed by atoms with E-state index < -0.39 is 0 Å². The van der Waals surface area contributed by atoms with Crippen molar-refractivity contribution in [2.45, 2.75) is 18.5 Å². The molecule has 1 amide bonds. The second kappa shape index (κ2) is 7.07. The van der Waals surface area contributed by atoms with Crippen molar-refractivity contribution < 1.29 is 4.79 Å². The lowest BCUT2D eigenvalue weighted by Crippen LogP contribution is -2.30. The van der Waals surface area contributed by atoms with Crippen LogP contribution in [-0.4, -0.2) is 32.6 Å². The van der Waals surface area contributed by atoms with Crippen LogP contribution in [-0.2, 0) is 11.2 Å². The summed E-state index contributed by atoms with van der Waals surface area (Å²) in [6.45, 7) is 2.75. The Labute approximate surface area is 171 Å². The number of benzene rings is 1. The highest BCUT2D eigenvalue weighted by Crippen LogP contribution is 2.33. The molecule has 0 saturated carbocycles. The third-order valence-electron chi connectivity index (χ3n) is 4.92. The van der Waals surface area contributed by atoms with Crippen molar-refractivity contribution in [1.82, 2.24) is 14.4 Å². The summed E-state index contributed by atoms with van der Waals surface area (Å²) in [5, 5.41) is 3.99. The smallest absolute Gasteiger partial charge is 0.237 e. The van der Waals surface area contributed by atoms with E-state index in [2.05, 4.69) is 33.5 Å². The van der Waals surface area contributed by atoms with Crippen molar-refractivity contribution in [3.63, 3.8) is 0 Å². The number of aryl methyl sites for hydroxylation is 1. The second-order valence-electron chi connectivity index (χ2n) is 6.72. The number of hydrogen-bond acceptors (Lipinski definition) is 5. The van der Waals surface area contributed by atoms with E-state index in [1.54, 1.807) is 11.3 Å². The molecule has 1 aliphatic rings. The van der Waals surface area contributed by atoms with E-state index in [-0.39, 0.29) is 5.91 Å². The molecule has 0 bridgehead atoms. The molecule has 28 heavy (non-hydrogen) atoms. The molecule has 4 aromatic rings. The van der Waals surface area contributed by atoms with Crippen molar-refractivity contribution in [1.29, 1.82) is 0 Å². The fourth-order valence-corrected chi connectivity index (χ4v) is 5.01. The van der Waals surface area contributed by atoms with Gasteiger partial charge in [-0.05, 0) is 43.2 Å². The Hall–Kier alpha value is -2.64. The largest absolute Gasteiger partial charge is 0.311 e. The predicted molar refractivity (Wildman–Crippen MR) is 114 cm³/mol. The summed E-state index contributed by atoms with van der Waals surface area (Å²) in [5.74, 6) is 0.495. The Bertz CT molecular complexity index is 1180. The summed E-state index contributed by atoms with van der Waals surface area (Å²) in [4.78, 5) is 23.8. The van der Waals surface area contributed by atoms with Gasteiger partial charge in [0, 0.05) is 29.4 Å². The van der Waals surface area contributed by atoms with Gasteiger partial charge in [0.05, 0.1) is 28.2 Å². The van der Waals surface area contributed by atoms with Crippen molar-refractivity contribution in [2.75, 3.05) is 17.2 Å². The number of hydrogen-bond donors (Lipinski definition) is 0. The Morgan fingerprint density at radius 1 is 1.29 bits per heavy atom. The number of fused-ring (bicyclic) bond motifs is 2. The minimum Gasteiger partial charge on any atom is -0.311 e. The van der Waals surface area contributed by atoms with Gasteiger partial charge in [0.15, 0.2) is 5.16 Å². The lowest BCUT2D eigenvalue weighted by Gasteiger charge is -2.17. The molecule has 0 fully saturated rings. The van der Waals surface area contributed by atoms with Crippen molar-refractivity contribution in [3.05, 3.63) is 64.7 Å². The van der Waals surface area contributed by atoms with Crippen molar-refractivity contribution in [3.8, 4) is 11.3 Å². The molecule has 140 valence electrons. The van der Waals surface area contributed by atoms with Crippen LogP contribution in [0.25, 0.3) is 16.8 Å². The number of nitrogens with zero attached hydrogens (tertiary/aromatic N) is 4. The molecule has 0 spiro atoms. The van der Waals surface area contributed by atoms with E-state index >= 15 is 0 Å². The lowest BCUT2D eigenvalue weighted by atomic mass is 10.1. The van der Waals surface area contributed by atoms with Crippen LogP contribution >= 0.6 is 23.1 Å². The summed E-state index contributed by atoms with van der Waals surface area (Å²) >= 11 is 3.14. The number of aromatic nitrogens is 3. The monoisotopic (exact) mass is 406 g/mol. The van der Waals surface area contributed by atoms with E-state index in [1.165, 1.54) is 17.3 Å². The second-order valence-corrected chi connectivity index (χ2v) is 8.72. The first-order valence-electron chi connectivity index (χ1n) is 9.10. The first-order valence-corrected chi connectivity index (χ1v) is 11.0. The number of imidazole rings is 1. The molecule has 0 radical (unpaired) electrons. The van der Waals surface area contributed by atoms with E-state index in [1.807, 2.05) is 46.8 Å². The van der Waals surface area contributed by atoms with Gasteiger partial charge in [-0.25, -0.2) is 9.97 Å². The van der Waals surface area contributed by atoms with Crippen LogP contribution in [0.4, 0.5) is 5.69 Å². The number of carbonyl (C=O) groups excluding carboxylic acids is 1. The molecule has 1 aliphatic heterocycles. The summed E-state index contributed by atoms with van der Waals surface area (Å²) in [7, 11) is 0. The van der Waals surface area contributed by atoms with Crippen LogP contribution in [0.5, 0.6) is 0 Å². The highest BCUT2D eigenvalue weighted by atomic mass is 32.2. The molecular formula is C21H18N4OS2. The first kappa shape index (κ1) is 17.5. The maximum Gasteiger partial charge on any atom is 0.237 e. The third-order valence-corrected chi connectivity index (χ3v) is 6.65. The maximum absolute atomic E-state index is 12.9.